The summed E-state index contributed by atoms with van der Waals surface area (Å²) in [5, 5.41) is 2.98. The van der Waals surface area contributed by atoms with Gasteiger partial charge in [-0.1, -0.05) is 19.3 Å². The largest absolute Gasteiger partial charge is 0.354 e. The van der Waals surface area contributed by atoms with Crippen molar-refractivity contribution in [2.75, 3.05) is 19.6 Å². The van der Waals surface area contributed by atoms with Crippen molar-refractivity contribution in [1.29, 1.82) is 0 Å². The summed E-state index contributed by atoms with van der Waals surface area (Å²) in [5.74, 6) is 0.347. The number of aromatic amines is 1. The number of nitrogens with zero attached hydrogens (tertiary/aromatic N) is 1. The number of H-pyrrole nitrogens is 1. The second kappa shape index (κ2) is 7.30. The molecule has 2 N–H and O–H groups in total. The lowest BCUT2D eigenvalue weighted by atomic mass is 9.94. The SMILES string of the molecule is Cc1cc(=O)cc(C(=O)NCC2CCN(C3CCCCC3)C2)[nH]1. The van der Waals surface area contributed by atoms with Gasteiger partial charge >= 0.3 is 0 Å². The van der Waals surface area contributed by atoms with Gasteiger partial charge in [-0.3, -0.25) is 9.59 Å². The lowest BCUT2D eigenvalue weighted by Crippen LogP contribution is -2.36. The van der Waals surface area contributed by atoms with Gasteiger partial charge < -0.3 is 15.2 Å². The normalized spacial score (nSPS) is 23.1. The van der Waals surface area contributed by atoms with Crippen molar-refractivity contribution < 1.29 is 4.79 Å². The molecule has 1 saturated heterocycles. The van der Waals surface area contributed by atoms with Crippen LogP contribution in [0, 0.1) is 12.8 Å². The Balaban J connectivity index is 1.49. The van der Waals surface area contributed by atoms with E-state index < -0.39 is 0 Å². The van der Waals surface area contributed by atoms with Crippen molar-refractivity contribution in [3.05, 3.63) is 33.7 Å². The molecule has 23 heavy (non-hydrogen) atoms. The van der Waals surface area contributed by atoms with Gasteiger partial charge in [-0.15, -0.1) is 0 Å². The molecule has 1 aromatic rings. The van der Waals surface area contributed by atoms with E-state index in [4.69, 9.17) is 0 Å². The first-order chi connectivity index (χ1) is 11.1. The lowest BCUT2D eigenvalue weighted by Gasteiger charge is -2.31. The molecule has 126 valence electrons. The highest BCUT2D eigenvalue weighted by molar-refractivity contribution is 5.92. The second-order valence-electron chi connectivity index (χ2n) is 7.06. The van der Waals surface area contributed by atoms with Crippen LogP contribution in [0.5, 0.6) is 0 Å². The summed E-state index contributed by atoms with van der Waals surface area (Å²) in [6, 6.07) is 3.62. The third kappa shape index (κ3) is 4.22. The first-order valence-electron chi connectivity index (χ1n) is 8.85. The number of amides is 1. The minimum Gasteiger partial charge on any atom is -0.354 e. The zero-order valence-corrected chi connectivity index (χ0v) is 13.9. The summed E-state index contributed by atoms with van der Waals surface area (Å²) in [6.07, 6.45) is 7.94. The molecule has 5 heteroatoms. The van der Waals surface area contributed by atoms with Gasteiger partial charge in [-0.2, -0.15) is 0 Å². The van der Waals surface area contributed by atoms with E-state index in [0.29, 0.717) is 23.9 Å². The molecule has 0 bridgehead atoms. The number of rotatable bonds is 4. The van der Waals surface area contributed by atoms with Crippen molar-refractivity contribution in [3.63, 3.8) is 0 Å². The molecule has 2 aliphatic rings. The fourth-order valence-electron chi connectivity index (χ4n) is 3.94. The predicted octanol–water partition coefficient (Wildman–Crippen LogP) is 2.07. The molecule has 2 heterocycles. The number of hydrogen-bond donors (Lipinski definition) is 2. The highest BCUT2D eigenvalue weighted by atomic mass is 16.2. The number of aryl methyl sites for hydroxylation is 1. The fourth-order valence-corrected chi connectivity index (χ4v) is 3.94. The number of carbonyl (C=O) groups is 1. The van der Waals surface area contributed by atoms with Crippen LogP contribution in [0.1, 0.15) is 54.7 Å². The molecule has 3 rings (SSSR count). The van der Waals surface area contributed by atoms with Gasteiger partial charge in [0, 0.05) is 37.0 Å². The maximum Gasteiger partial charge on any atom is 0.267 e. The van der Waals surface area contributed by atoms with Crippen LogP contribution in [0.4, 0.5) is 0 Å². The lowest BCUT2D eigenvalue weighted by molar-refractivity contribution is 0.0941. The topological polar surface area (TPSA) is 65.2 Å². The zero-order valence-electron chi connectivity index (χ0n) is 13.9. The van der Waals surface area contributed by atoms with Crippen molar-refractivity contribution >= 4 is 5.91 Å². The van der Waals surface area contributed by atoms with E-state index in [1.54, 1.807) is 6.92 Å². The minimum absolute atomic E-state index is 0.129. The van der Waals surface area contributed by atoms with Crippen LogP contribution in [0.15, 0.2) is 16.9 Å². The summed E-state index contributed by atoms with van der Waals surface area (Å²) < 4.78 is 0. The van der Waals surface area contributed by atoms with E-state index in [9.17, 15) is 9.59 Å². The van der Waals surface area contributed by atoms with E-state index in [1.807, 2.05) is 0 Å². The van der Waals surface area contributed by atoms with Crippen LogP contribution in [0.3, 0.4) is 0 Å². The Hall–Kier alpha value is -1.62. The highest BCUT2D eigenvalue weighted by Crippen LogP contribution is 2.27. The van der Waals surface area contributed by atoms with Crippen LogP contribution in [-0.2, 0) is 0 Å². The number of aromatic nitrogens is 1. The van der Waals surface area contributed by atoms with E-state index in [-0.39, 0.29) is 11.3 Å². The predicted molar refractivity (Wildman–Crippen MR) is 90.7 cm³/mol. The van der Waals surface area contributed by atoms with E-state index in [2.05, 4.69) is 15.2 Å². The molecule has 1 atom stereocenters. The third-order valence-electron chi connectivity index (χ3n) is 5.18. The molecule has 1 aliphatic carbocycles. The van der Waals surface area contributed by atoms with Crippen LogP contribution >= 0.6 is 0 Å². The summed E-state index contributed by atoms with van der Waals surface area (Å²) in [7, 11) is 0. The van der Waals surface area contributed by atoms with E-state index >= 15 is 0 Å². The number of nitrogens with one attached hydrogen (secondary N) is 2. The van der Waals surface area contributed by atoms with Crippen LogP contribution in [-0.4, -0.2) is 41.5 Å². The molecular weight excluding hydrogens is 290 g/mol. The maximum atomic E-state index is 12.2. The smallest absolute Gasteiger partial charge is 0.267 e. The van der Waals surface area contributed by atoms with Crippen molar-refractivity contribution in [1.82, 2.24) is 15.2 Å². The average Bonchev–Trinajstić information content (AvgIpc) is 3.01. The third-order valence-corrected chi connectivity index (χ3v) is 5.18. The Labute approximate surface area is 137 Å². The zero-order chi connectivity index (χ0) is 16.2. The summed E-state index contributed by atoms with van der Waals surface area (Å²) in [6.45, 7) is 4.73. The Morgan fingerprint density at radius 3 is 2.78 bits per heavy atom. The summed E-state index contributed by atoms with van der Waals surface area (Å²) >= 11 is 0. The molecule has 0 spiro atoms. The highest BCUT2D eigenvalue weighted by Gasteiger charge is 2.29. The van der Waals surface area contributed by atoms with Crippen molar-refractivity contribution in [2.24, 2.45) is 5.92 Å². The Bertz CT molecular complexity index is 605. The first kappa shape index (κ1) is 16.2. The first-order valence-corrected chi connectivity index (χ1v) is 8.85. The monoisotopic (exact) mass is 317 g/mol. The van der Waals surface area contributed by atoms with E-state index in [0.717, 1.165) is 25.6 Å². The maximum absolute atomic E-state index is 12.2. The molecule has 1 unspecified atom stereocenters. The number of pyridine rings is 1. The van der Waals surface area contributed by atoms with Crippen LogP contribution < -0.4 is 10.7 Å². The molecular formula is C18H27N3O2. The van der Waals surface area contributed by atoms with Gasteiger partial charge in [0.25, 0.3) is 5.91 Å². The van der Waals surface area contributed by atoms with Crippen molar-refractivity contribution in [3.8, 4) is 0 Å². The Morgan fingerprint density at radius 1 is 1.26 bits per heavy atom. The molecule has 1 aliphatic heterocycles. The standard InChI is InChI=1S/C18H27N3O2/c1-13-9-16(22)10-17(20-13)18(23)19-11-14-7-8-21(12-14)15-5-3-2-4-6-15/h9-10,14-15H,2-8,11-12H2,1H3,(H,19,23)(H,20,22). The number of carbonyl (C=O) groups excluding carboxylic acids is 1. The summed E-state index contributed by atoms with van der Waals surface area (Å²) in [4.78, 5) is 29.3. The average molecular weight is 317 g/mol. The Morgan fingerprint density at radius 2 is 2.04 bits per heavy atom. The van der Waals surface area contributed by atoms with Gasteiger partial charge in [-0.25, -0.2) is 0 Å². The van der Waals surface area contributed by atoms with Crippen LogP contribution in [0.2, 0.25) is 0 Å². The van der Waals surface area contributed by atoms with E-state index in [1.165, 1.54) is 44.2 Å². The molecule has 0 radical (unpaired) electrons. The molecule has 1 amide bonds. The van der Waals surface area contributed by atoms with Gasteiger partial charge in [0.15, 0.2) is 5.43 Å². The molecule has 0 aromatic carbocycles. The van der Waals surface area contributed by atoms with Gasteiger partial charge in [-0.05, 0) is 38.6 Å². The van der Waals surface area contributed by atoms with Crippen molar-refractivity contribution in [2.45, 2.75) is 51.5 Å². The quantitative estimate of drug-likeness (QED) is 0.893. The molecule has 5 nitrogen and oxygen atoms in total. The van der Waals surface area contributed by atoms with Gasteiger partial charge in [0.05, 0.1) is 0 Å². The second-order valence-corrected chi connectivity index (χ2v) is 7.06. The molecule has 2 fully saturated rings. The molecule has 1 saturated carbocycles. The number of likely N-dealkylation sites (tertiary alicyclic amines) is 1. The Kier molecular flexibility index (Phi) is 5.16. The molecule has 1 aromatic heterocycles. The summed E-state index contributed by atoms with van der Waals surface area (Å²) in [5.41, 5.74) is 0.944. The van der Waals surface area contributed by atoms with Gasteiger partial charge in [0.2, 0.25) is 0 Å². The number of hydrogen-bond acceptors (Lipinski definition) is 3. The fraction of sp³-hybridized carbons (Fsp3) is 0.667. The van der Waals surface area contributed by atoms with Crippen LogP contribution in [0.25, 0.3) is 0 Å². The minimum atomic E-state index is -0.179. The van der Waals surface area contributed by atoms with Gasteiger partial charge in [0.1, 0.15) is 5.69 Å².